The van der Waals surface area contributed by atoms with Gasteiger partial charge in [0, 0.05) is 6.04 Å². The highest BCUT2D eigenvalue weighted by Crippen LogP contribution is 2.01. The number of nitrogens with zero attached hydrogens (tertiary/aromatic N) is 3. The summed E-state index contributed by atoms with van der Waals surface area (Å²) in [4.78, 5) is 9.95. The minimum absolute atomic E-state index is 0.308. The summed E-state index contributed by atoms with van der Waals surface area (Å²) in [5.41, 5.74) is 0.774. The first kappa shape index (κ1) is 8.70. The van der Waals surface area contributed by atoms with Gasteiger partial charge < -0.3 is 5.32 Å². The van der Waals surface area contributed by atoms with E-state index < -0.39 is 0 Å². The molecule has 66 valence electrons. The second-order valence-electron chi connectivity index (χ2n) is 2.78. The van der Waals surface area contributed by atoms with Crippen LogP contribution < -0.4 is 5.32 Å². The molecule has 1 N–H and O–H groups in total. The van der Waals surface area contributed by atoms with Gasteiger partial charge >= 0.3 is 0 Å². The van der Waals surface area contributed by atoms with Crippen molar-refractivity contribution >= 4 is 6.41 Å². The van der Waals surface area contributed by atoms with E-state index in [4.69, 9.17) is 0 Å². The van der Waals surface area contributed by atoms with Crippen LogP contribution in [-0.2, 0) is 11.3 Å². The molecule has 0 aliphatic rings. The van der Waals surface area contributed by atoms with Gasteiger partial charge in [0.2, 0.25) is 6.41 Å². The van der Waals surface area contributed by atoms with Gasteiger partial charge in [-0.3, -0.25) is 4.79 Å². The normalized spacial score (nSPS) is 10.2. The number of carbonyl (C=O) groups excluding carboxylic acids is 1. The van der Waals surface area contributed by atoms with Crippen molar-refractivity contribution in [2.75, 3.05) is 0 Å². The van der Waals surface area contributed by atoms with Gasteiger partial charge in [-0.25, -0.2) is 4.68 Å². The highest BCUT2D eigenvalue weighted by atomic mass is 16.1. The maximum Gasteiger partial charge on any atom is 0.207 e. The zero-order valence-corrected chi connectivity index (χ0v) is 7.19. The molecule has 0 spiro atoms. The minimum Gasteiger partial charge on any atom is -0.353 e. The predicted octanol–water partition coefficient (Wildman–Crippen LogP) is 0.105. The molecule has 1 aromatic rings. The van der Waals surface area contributed by atoms with E-state index in [-0.39, 0.29) is 0 Å². The van der Waals surface area contributed by atoms with Gasteiger partial charge in [0.15, 0.2) is 0 Å². The fourth-order valence-electron chi connectivity index (χ4n) is 0.793. The number of hydrogen-bond donors (Lipinski definition) is 1. The summed E-state index contributed by atoms with van der Waals surface area (Å²) in [6.07, 6.45) is 2.47. The van der Waals surface area contributed by atoms with Crippen molar-refractivity contribution in [3.63, 3.8) is 0 Å². The number of aromatic nitrogens is 3. The van der Waals surface area contributed by atoms with Crippen LogP contribution in [0.25, 0.3) is 0 Å². The lowest BCUT2D eigenvalue weighted by atomic mass is 10.4. The molecule has 0 aromatic carbocycles. The Kier molecular flexibility index (Phi) is 2.79. The van der Waals surface area contributed by atoms with E-state index in [0.717, 1.165) is 5.69 Å². The van der Waals surface area contributed by atoms with Crippen molar-refractivity contribution < 1.29 is 4.79 Å². The molecule has 0 saturated carbocycles. The second-order valence-corrected chi connectivity index (χ2v) is 2.78. The van der Waals surface area contributed by atoms with Gasteiger partial charge in [0.05, 0.1) is 12.7 Å². The number of amides is 1. The zero-order valence-electron chi connectivity index (χ0n) is 7.19. The Morgan fingerprint density at radius 1 is 1.75 bits per heavy atom. The fourth-order valence-corrected chi connectivity index (χ4v) is 0.793. The highest BCUT2D eigenvalue weighted by Gasteiger charge is 2.01. The minimum atomic E-state index is 0.308. The quantitative estimate of drug-likeness (QED) is 0.649. The molecule has 0 fully saturated rings. The summed E-state index contributed by atoms with van der Waals surface area (Å²) in [5, 5.41) is 10.3. The van der Waals surface area contributed by atoms with Gasteiger partial charge in [-0.15, -0.1) is 5.10 Å². The molecule has 0 aliphatic carbocycles. The molecule has 0 radical (unpaired) electrons. The Hall–Kier alpha value is -1.39. The van der Waals surface area contributed by atoms with E-state index in [1.807, 2.05) is 20.0 Å². The van der Waals surface area contributed by atoms with Crippen molar-refractivity contribution in [2.45, 2.75) is 26.4 Å². The molecule has 5 heteroatoms. The van der Waals surface area contributed by atoms with Crippen LogP contribution in [0.5, 0.6) is 0 Å². The molecular weight excluding hydrogens is 156 g/mol. The van der Waals surface area contributed by atoms with Crippen molar-refractivity contribution in [1.82, 2.24) is 20.3 Å². The lowest BCUT2D eigenvalue weighted by Gasteiger charge is -2.00. The molecule has 0 aliphatic heterocycles. The number of nitrogens with one attached hydrogen (secondary N) is 1. The Bertz CT molecular complexity index is 256. The Morgan fingerprint density at radius 3 is 3.00 bits per heavy atom. The monoisotopic (exact) mass is 168 g/mol. The van der Waals surface area contributed by atoms with Crippen LogP contribution in [0.4, 0.5) is 0 Å². The summed E-state index contributed by atoms with van der Waals surface area (Å²) < 4.78 is 1.75. The summed E-state index contributed by atoms with van der Waals surface area (Å²) in [6.45, 7) is 4.48. The molecule has 0 saturated heterocycles. The summed E-state index contributed by atoms with van der Waals surface area (Å²) in [5.74, 6) is 0. The van der Waals surface area contributed by atoms with Crippen LogP contribution in [0, 0.1) is 0 Å². The zero-order chi connectivity index (χ0) is 8.97. The summed E-state index contributed by atoms with van der Waals surface area (Å²) >= 11 is 0. The largest absolute Gasteiger partial charge is 0.353 e. The van der Waals surface area contributed by atoms with Crippen LogP contribution in [0.15, 0.2) is 6.20 Å². The molecule has 0 bridgehead atoms. The topological polar surface area (TPSA) is 59.8 Å². The smallest absolute Gasteiger partial charge is 0.207 e. The Balaban J connectivity index is 2.58. The average Bonchev–Trinajstić information content (AvgIpc) is 2.48. The van der Waals surface area contributed by atoms with Gasteiger partial charge in [-0.2, -0.15) is 0 Å². The molecular formula is C7H12N4O. The number of rotatable bonds is 4. The third kappa shape index (κ3) is 2.05. The Morgan fingerprint density at radius 2 is 2.50 bits per heavy atom. The molecule has 1 aromatic heterocycles. The molecule has 1 rings (SSSR count). The second kappa shape index (κ2) is 3.85. The molecule has 1 amide bonds. The van der Waals surface area contributed by atoms with Crippen LogP contribution in [-0.4, -0.2) is 21.4 Å². The molecule has 1 heterocycles. The number of hydrogen-bond acceptors (Lipinski definition) is 3. The standard InChI is InChI=1S/C7H12N4O/c1-6(2)11-4-7(9-10-11)3-8-5-12/h4-6H,3H2,1-2H3,(H,8,12). The molecule has 0 unspecified atom stereocenters. The maximum atomic E-state index is 9.95. The van der Waals surface area contributed by atoms with Gasteiger partial charge in [-0.05, 0) is 13.8 Å². The molecule has 12 heavy (non-hydrogen) atoms. The van der Waals surface area contributed by atoms with Crippen LogP contribution in [0.2, 0.25) is 0 Å². The first-order valence-electron chi connectivity index (χ1n) is 3.81. The first-order valence-corrected chi connectivity index (χ1v) is 3.81. The maximum absolute atomic E-state index is 9.95. The average molecular weight is 168 g/mol. The van der Waals surface area contributed by atoms with Crippen LogP contribution in [0.1, 0.15) is 25.6 Å². The Labute approximate surface area is 70.8 Å². The molecule has 0 atom stereocenters. The number of carbonyl (C=O) groups is 1. The van der Waals surface area contributed by atoms with Crippen molar-refractivity contribution in [3.8, 4) is 0 Å². The predicted molar refractivity (Wildman–Crippen MR) is 43.3 cm³/mol. The third-order valence-corrected chi connectivity index (χ3v) is 1.45. The van der Waals surface area contributed by atoms with E-state index in [9.17, 15) is 4.79 Å². The van der Waals surface area contributed by atoms with E-state index in [2.05, 4.69) is 15.6 Å². The van der Waals surface area contributed by atoms with Gasteiger partial charge in [0.1, 0.15) is 5.69 Å². The van der Waals surface area contributed by atoms with Crippen molar-refractivity contribution in [2.24, 2.45) is 0 Å². The summed E-state index contributed by atoms with van der Waals surface area (Å²) in [6, 6.07) is 0.308. The van der Waals surface area contributed by atoms with E-state index in [1.165, 1.54) is 0 Å². The molecule has 5 nitrogen and oxygen atoms in total. The lowest BCUT2D eigenvalue weighted by Crippen LogP contribution is -2.09. The van der Waals surface area contributed by atoms with Crippen molar-refractivity contribution in [3.05, 3.63) is 11.9 Å². The first-order chi connectivity index (χ1) is 5.74. The van der Waals surface area contributed by atoms with Gasteiger partial charge in [0.25, 0.3) is 0 Å². The third-order valence-electron chi connectivity index (χ3n) is 1.45. The van der Waals surface area contributed by atoms with Gasteiger partial charge in [-0.1, -0.05) is 5.21 Å². The van der Waals surface area contributed by atoms with E-state index >= 15 is 0 Å². The van der Waals surface area contributed by atoms with E-state index in [0.29, 0.717) is 19.0 Å². The summed E-state index contributed by atoms with van der Waals surface area (Å²) in [7, 11) is 0. The lowest BCUT2D eigenvalue weighted by molar-refractivity contribution is -0.109. The fraction of sp³-hybridized carbons (Fsp3) is 0.571. The van der Waals surface area contributed by atoms with Crippen molar-refractivity contribution in [1.29, 1.82) is 0 Å². The van der Waals surface area contributed by atoms with Crippen LogP contribution >= 0.6 is 0 Å². The van der Waals surface area contributed by atoms with E-state index in [1.54, 1.807) is 4.68 Å². The SMILES string of the molecule is CC(C)n1cc(CNC=O)nn1. The highest BCUT2D eigenvalue weighted by molar-refractivity contribution is 5.45. The van der Waals surface area contributed by atoms with Crippen LogP contribution in [0.3, 0.4) is 0 Å².